The molecule has 5 nitrogen and oxygen atoms in total. The van der Waals surface area contributed by atoms with Crippen LogP contribution in [0.2, 0.25) is 0 Å². The van der Waals surface area contributed by atoms with Crippen molar-refractivity contribution in [2.45, 2.75) is 18.8 Å². The highest BCUT2D eigenvalue weighted by Crippen LogP contribution is 2.30. The molecule has 1 aliphatic rings. The maximum atomic E-state index is 12.7. The molecule has 0 N–H and O–H groups in total. The summed E-state index contributed by atoms with van der Waals surface area (Å²) in [7, 11) is 0. The van der Waals surface area contributed by atoms with E-state index in [0.717, 1.165) is 28.7 Å². The van der Waals surface area contributed by atoms with Crippen LogP contribution in [0.25, 0.3) is 10.8 Å². The lowest BCUT2D eigenvalue weighted by Crippen LogP contribution is -2.39. The molecule has 2 aromatic heterocycles. The van der Waals surface area contributed by atoms with Gasteiger partial charge in [0, 0.05) is 23.1 Å². The second-order valence-corrected chi connectivity index (χ2v) is 7.88. The van der Waals surface area contributed by atoms with Crippen LogP contribution < -0.4 is 0 Å². The van der Waals surface area contributed by atoms with Crippen LogP contribution in [0, 0.1) is 0 Å². The molecular weight excluding hydrogens is 402 g/mol. The number of benzene rings is 1. The van der Waals surface area contributed by atoms with Crippen molar-refractivity contribution in [3.05, 3.63) is 57.7 Å². The number of amides is 1. The van der Waals surface area contributed by atoms with E-state index in [1.165, 1.54) is 0 Å². The van der Waals surface area contributed by atoms with Gasteiger partial charge in [-0.2, -0.15) is 0 Å². The molecule has 7 heteroatoms. The lowest BCUT2D eigenvalue weighted by Gasteiger charge is -2.31. The van der Waals surface area contributed by atoms with E-state index >= 15 is 0 Å². The lowest BCUT2D eigenvalue weighted by atomic mass is 9.97. The Morgan fingerprint density at radius 2 is 2.08 bits per heavy atom. The molecule has 25 heavy (non-hydrogen) atoms. The van der Waals surface area contributed by atoms with E-state index in [-0.39, 0.29) is 11.8 Å². The van der Waals surface area contributed by atoms with Crippen molar-refractivity contribution in [2.24, 2.45) is 0 Å². The van der Waals surface area contributed by atoms with E-state index < -0.39 is 0 Å². The summed E-state index contributed by atoms with van der Waals surface area (Å²) in [6.07, 6.45) is 1.89. The highest BCUT2D eigenvalue weighted by Gasteiger charge is 2.29. The molecule has 0 aliphatic carbocycles. The number of thiophene rings is 1. The van der Waals surface area contributed by atoms with Gasteiger partial charge in [-0.05, 0) is 48.6 Å². The van der Waals surface area contributed by atoms with Crippen molar-refractivity contribution < 1.29 is 9.21 Å². The van der Waals surface area contributed by atoms with Gasteiger partial charge in [0.25, 0.3) is 11.8 Å². The average Bonchev–Trinajstić information content (AvgIpc) is 3.33. The molecule has 3 heterocycles. The molecular formula is C18H16BrN3O2S. The van der Waals surface area contributed by atoms with Crippen molar-refractivity contribution in [1.82, 2.24) is 15.1 Å². The first kappa shape index (κ1) is 16.5. The number of likely N-dealkylation sites (tertiary alicyclic amines) is 1. The van der Waals surface area contributed by atoms with E-state index in [4.69, 9.17) is 4.42 Å². The smallest absolute Gasteiger partial charge is 0.257 e. The third-order valence-corrected chi connectivity index (χ3v) is 5.71. The maximum absolute atomic E-state index is 12.7. The number of aromatic nitrogens is 2. The Bertz CT molecular complexity index is 861. The van der Waals surface area contributed by atoms with Gasteiger partial charge in [0.1, 0.15) is 0 Å². The molecule has 1 saturated heterocycles. The van der Waals surface area contributed by atoms with Crippen molar-refractivity contribution in [2.75, 3.05) is 13.1 Å². The van der Waals surface area contributed by atoms with E-state index in [9.17, 15) is 4.79 Å². The molecule has 128 valence electrons. The Morgan fingerprint density at radius 3 is 2.84 bits per heavy atom. The molecule has 1 amide bonds. The molecule has 1 atom stereocenters. The van der Waals surface area contributed by atoms with Crippen LogP contribution >= 0.6 is 27.3 Å². The Kier molecular flexibility index (Phi) is 4.67. The minimum absolute atomic E-state index is 0.0511. The SMILES string of the molecule is O=C(c1ccc(Br)cc1)N1CCCC(c2nnc(-c3cccs3)o2)C1. The van der Waals surface area contributed by atoms with Crippen LogP contribution in [-0.4, -0.2) is 34.1 Å². The van der Waals surface area contributed by atoms with Gasteiger partial charge in [0.05, 0.1) is 10.8 Å². The fraction of sp³-hybridized carbons (Fsp3) is 0.278. The molecule has 0 bridgehead atoms. The van der Waals surface area contributed by atoms with Gasteiger partial charge in [-0.15, -0.1) is 21.5 Å². The Hall–Kier alpha value is -1.99. The highest BCUT2D eigenvalue weighted by molar-refractivity contribution is 9.10. The minimum atomic E-state index is 0.0511. The van der Waals surface area contributed by atoms with Crippen LogP contribution in [0.3, 0.4) is 0 Å². The molecule has 1 fully saturated rings. The summed E-state index contributed by atoms with van der Waals surface area (Å²) in [5, 5.41) is 10.4. The fourth-order valence-electron chi connectivity index (χ4n) is 3.04. The zero-order valence-electron chi connectivity index (χ0n) is 13.4. The predicted molar refractivity (Wildman–Crippen MR) is 99.6 cm³/mol. The fourth-order valence-corrected chi connectivity index (χ4v) is 3.95. The average molecular weight is 418 g/mol. The monoisotopic (exact) mass is 417 g/mol. The van der Waals surface area contributed by atoms with Crippen LogP contribution in [-0.2, 0) is 0 Å². The van der Waals surface area contributed by atoms with Crippen molar-refractivity contribution >= 4 is 33.2 Å². The number of carbonyl (C=O) groups is 1. The molecule has 1 aromatic carbocycles. The molecule has 0 radical (unpaired) electrons. The number of hydrogen-bond donors (Lipinski definition) is 0. The number of nitrogens with zero attached hydrogens (tertiary/aromatic N) is 3. The zero-order chi connectivity index (χ0) is 17.2. The van der Waals surface area contributed by atoms with E-state index in [0.29, 0.717) is 23.9 Å². The van der Waals surface area contributed by atoms with E-state index in [1.807, 2.05) is 46.7 Å². The van der Waals surface area contributed by atoms with Gasteiger partial charge in [-0.25, -0.2) is 0 Å². The molecule has 0 spiro atoms. The Balaban J connectivity index is 1.49. The standard InChI is InChI=1S/C18H16BrN3O2S/c19-14-7-5-12(6-8-14)18(23)22-9-1-3-13(11-22)16-20-21-17(24-16)15-4-2-10-25-15/h2,4-8,10,13H,1,3,9,11H2. The van der Waals surface area contributed by atoms with Crippen molar-refractivity contribution in [3.63, 3.8) is 0 Å². The first-order chi connectivity index (χ1) is 12.2. The van der Waals surface area contributed by atoms with Gasteiger partial charge in [0.15, 0.2) is 0 Å². The largest absolute Gasteiger partial charge is 0.420 e. The van der Waals surface area contributed by atoms with Gasteiger partial charge >= 0.3 is 0 Å². The third kappa shape index (κ3) is 3.52. The number of hydrogen-bond acceptors (Lipinski definition) is 5. The quantitative estimate of drug-likeness (QED) is 0.625. The van der Waals surface area contributed by atoms with Crippen LogP contribution in [0.1, 0.15) is 35.0 Å². The van der Waals surface area contributed by atoms with Crippen LogP contribution in [0.15, 0.2) is 50.7 Å². The molecule has 3 aromatic rings. The summed E-state index contributed by atoms with van der Waals surface area (Å²) < 4.78 is 6.83. The summed E-state index contributed by atoms with van der Waals surface area (Å²) in [5.41, 5.74) is 0.702. The normalized spacial score (nSPS) is 17.6. The van der Waals surface area contributed by atoms with Crippen LogP contribution in [0.4, 0.5) is 0 Å². The first-order valence-electron chi connectivity index (χ1n) is 8.13. The summed E-state index contributed by atoms with van der Waals surface area (Å²) in [4.78, 5) is 15.6. The Labute approximate surface area is 157 Å². The van der Waals surface area contributed by atoms with Gasteiger partial charge in [-0.3, -0.25) is 4.79 Å². The second-order valence-electron chi connectivity index (χ2n) is 6.02. The van der Waals surface area contributed by atoms with Crippen molar-refractivity contribution in [3.8, 4) is 10.8 Å². The van der Waals surface area contributed by atoms with Gasteiger partial charge < -0.3 is 9.32 Å². The number of carbonyl (C=O) groups excluding carboxylic acids is 1. The summed E-state index contributed by atoms with van der Waals surface area (Å²) in [6.45, 7) is 1.37. The van der Waals surface area contributed by atoms with Gasteiger partial charge in [-0.1, -0.05) is 22.0 Å². The van der Waals surface area contributed by atoms with Crippen LogP contribution in [0.5, 0.6) is 0 Å². The number of piperidine rings is 1. The number of rotatable bonds is 3. The summed E-state index contributed by atoms with van der Waals surface area (Å²) in [6, 6.07) is 11.4. The van der Waals surface area contributed by atoms with E-state index in [1.54, 1.807) is 11.3 Å². The third-order valence-electron chi connectivity index (χ3n) is 4.32. The van der Waals surface area contributed by atoms with Crippen molar-refractivity contribution in [1.29, 1.82) is 0 Å². The molecule has 1 unspecified atom stereocenters. The minimum Gasteiger partial charge on any atom is -0.420 e. The summed E-state index contributed by atoms with van der Waals surface area (Å²) in [5.74, 6) is 1.32. The molecule has 1 aliphatic heterocycles. The predicted octanol–water partition coefficient (Wildman–Crippen LogP) is 4.58. The van der Waals surface area contributed by atoms with E-state index in [2.05, 4.69) is 26.1 Å². The first-order valence-corrected chi connectivity index (χ1v) is 9.80. The lowest BCUT2D eigenvalue weighted by molar-refractivity contribution is 0.0698. The topological polar surface area (TPSA) is 59.2 Å². The highest BCUT2D eigenvalue weighted by atomic mass is 79.9. The van der Waals surface area contributed by atoms with Gasteiger partial charge in [0.2, 0.25) is 5.89 Å². The second kappa shape index (κ2) is 7.09. The maximum Gasteiger partial charge on any atom is 0.257 e. The zero-order valence-corrected chi connectivity index (χ0v) is 15.8. The molecule has 4 rings (SSSR count). The molecule has 0 saturated carbocycles. The number of halogens is 1. The Morgan fingerprint density at radius 1 is 1.24 bits per heavy atom. The summed E-state index contributed by atoms with van der Waals surface area (Å²) >= 11 is 4.97.